The summed E-state index contributed by atoms with van der Waals surface area (Å²) in [6.07, 6.45) is 0.691. The fourth-order valence-corrected chi connectivity index (χ4v) is 3.46. The molecular weight excluding hydrogens is 346 g/mol. The molecule has 0 aliphatic carbocycles. The van der Waals surface area contributed by atoms with Crippen molar-refractivity contribution >= 4 is 23.3 Å². The zero-order valence-electron chi connectivity index (χ0n) is 16.0. The summed E-state index contributed by atoms with van der Waals surface area (Å²) in [4.78, 5) is 38.8. The van der Waals surface area contributed by atoms with Gasteiger partial charge in [0.05, 0.1) is 11.7 Å². The predicted octanol–water partition coefficient (Wildman–Crippen LogP) is 1.81. The molecule has 7 heteroatoms. The number of nitrogens with zero attached hydrogens (tertiary/aromatic N) is 1. The number of piperidine rings is 1. The van der Waals surface area contributed by atoms with Crippen LogP contribution in [0.4, 0.5) is 5.69 Å². The van der Waals surface area contributed by atoms with Crippen LogP contribution in [0.15, 0.2) is 18.2 Å². The van der Waals surface area contributed by atoms with Gasteiger partial charge in [0.25, 0.3) is 5.91 Å². The predicted molar refractivity (Wildman–Crippen MR) is 102 cm³/mol. The molecule has 1 saturated heterocycles. The molecule has 2 heterocycles. The number of carbonyl (C=O) groups excluding carboxylic acids is 3. The molecule has 2 amide bonds. The Morgan fingerprint density at radius 3 is 2.56 bits per heavy atom. The van der Waals surface area contributed by atoms with Gasteiger partial charge in [0, 0.05) is 24.6 Å². The van der Waals surface area contributed by atoms with Crippen molar-refractivity contribution in [2.24, 2.45) is 17.6 Å². The molecule has 3 rings (SSSR count). The third-order valence-corrected chi connectivity index (χ3v) is 5.38. The van der Waals surface area contributed by atoms with Crippen molar-refractivity contribution in [2.45, 2.75) is 45.8 Å². The van der Waals surface area contributed by atoms with Crippen molar-refractivity contribution in [1.82, 2.24) is 4.90 Å². The Kier molecular flexibility index (Phi) is 5.51. The number of ketones is 1. The number of Topliss-reactive ketones (excluding diaryl/α,β-unsaturated/α-hetero) is 1. The SMILES string of the molecule is CC1Oc2ccc(C(=O)C3CCN(C(=O)[C@@H](N)C(C)C)CC3)cc2NC1=O. The van der Waals surface area contributed by atoms with Gasteiger partial charge >= 0.3 is 0 Å². The maximum absolute atomic E-state index is 12.9. The molecule has 0 spiro atoms. The number of anilines is 1. The van der Waals surface area contributed by atoms with Crippen LogP contribution in [-0.2, 0) is 9.59 Å². The van der Waals surface area contributed by atoms with Crippen LogP contribution in [0.2, 0.25) is 0 Å². The van der Waals surface area contributed by atoms with Gasteiger partial charge in [0.15, 0.2) is 11.9 Å². The molecule has 0 saturated carbocycles. The Morgan fingerprint density at radius 1 is 1.26 bits per heavy atom. The summed E-state index contributed by atoms with van der Waals surface area (Å²) in [7, 11) is 0. The monoisotopic (exact) mass is 373 g/mol. The van der Waals surface area contributed by atoms with E-state index < -0.39 is 12.1 Å². The Hall–Kier alpha value is -2.41. The van der Waals surface area contributed by atoms with Gasteiger partial charge in [-0.15, -0.1) is 0 Å². The normalized spacial score (nSPS) is 21.3. The van der Waals surface area contributed by atoms with E-state index in [1.54, 1.807) is 30.0 Å². The largest absolute Gasteiger partial charge is 0.479 e. The van der Waals surface area contributed by atoms with Crippen LogP contribution in [-0.4, -0.2) is 47.7 Å². The van der Waals surface area contributed by atoms with Crippen LogP contribution in [0.3, 0.4) is 0 Å². The van der Waals surface area contributed by atoms with Crippen molar-refractivity contribution in [3.63, 3.8) is 0 Å². The highest BCUT2D eigenvalue weighted by Gasteiger charge is 2.31. The summed E-state index contributed by atoms with van der Waals surface area (Å²) in [5, 5.41) is 2.77. The summed E-state index contributed by atoms with van der Waals surface area (Å²) in [5.74, 6) is 0.292. The van der Waals surface area contributed by atoms with Crippen molar-refractivity contribution in [3.8, 4) is 5.75 Å². The molecule has 1 unspecified atom stereocenters. The molecule has 0 bridgehead atoms. The van der Waals surface area contributed by atoms with Crippen LogP contribution in [0.25, 0.3) is 0 Å². The number of ether oxygens (including phenoxy) is 1. The third kappa shape index (κ3) is 3.98. The number of hydrogen-bond acceptors (Lipinski definition) is 5. The van der Waals surface area contributed by atoms with Gasteiger partial charge in [0.1, 0.15) is 5.75 Å². The lowest BCUT2D eigenvalue weighted by molar-refractivity contribution is -0.134. The minimum Gasteiger partial charge on any atom is -0.479 e. The molecule has 2 aliphatic heterocycles. The topological polar surface area (TPSA) is 102 Å². The molecule has 3 N–H and O–H groups in total. The number of hydrogen-bond donors (Lipinski definition) is 2. The third-order valence-electron chi connectivity index (χ3n) is 5.38. The highest BCUT2D eigenvalue weighted by molar-refractivity contribution is 6.02. The smallest absolute Gasteiger partial charge is 0.265 e. The fourth-order valence-electron chi connectivity index (χ4n) is 3.46. The standard InChI is InChI=1S/C20H27N3O4/c1-11(2)17(21)20(26)23-8-6-13(7-9-23)18(24)14-4-5-16-15(10-14)22-19(25)12(3)27-16/h4-5,10-13,17H,6-9,21H2,1-3H3,(H,22,25)/t12?,17-/m0/s1. The molecule has 0 aromatic heterocycles. The summed E-state index contributed by atoms with van der Waals surface area (Å²) in [6, 6.07) is 4.63. The summed E-state index contributed by atoms with van der Waals surface area (Å²) >= 11 is 0. The Labute approximate surface area is 159 Å². The summed E-state index contributed by atoms with van der Waals surface area (Å²) in [6.45, 7) is 6.61. The van der Waals surface area contributed by atoms with Crippen molar-refractivity contribution in [3.05, 3.63) is 23.8 Å². The minimum absolute atomic E-state index is 0.0333. The Balaban J connectivity index is 1.64. The second-order valence-corrected chi connectivity index (χ2v) is 7.69. The lowest BCUT2D eigenvalue weighted by Crippen LogP contribution is -2.49. The Morgan fingerprint density at radius 2 is 1.93 bits per heavy atom. The van der Waals surface area contributed by atoms with E-state index >= 15 is 0 Å². The molecule has 27 heavy (non-hydrogen) atoms. The molecule has 2 atom stereocenters. The lowest BCUT2D eigenvalue weighted by atomic mass is 9.88. The average molecular weight is 373 g/mol. The summed E-state index contributed by atoms with van der Waals surface area (Å²) < 4.78 is 5.53. The molecule has 1 aromatic rings. The van der Waals surface area contributed by atoms with Crippen molar-refractivity contribution in [1.29, 1.82) is 0 Å². The first-order valence-corrected chi connectivity index (χ1v) is 9.48. The molecule has 1 aromatic carbocycles. The molecule has 2 aliphatic rings. The van der Waals surface area contributed by atoms with Gasteiger partial charge in [-0.05, 0) is 43.9 Å². The van der Waals surface area contributed by atoms with Gasteiger partial charge in [0.2, 0.25) is 5.91 Å². The van der Waals surface area contributed by atoms with E-state index in [4.69, 9.17) is 10.5 Å². The van der Waals surface area contributed by atoms with Gasteiger partial charge in [-0.25, -0.2) is 0 Å². The van der Waals surface area contributed by atoms with E-state index in [1.807, 2.05) is 13.8 Å². The first-order chi connectivity index (χ1) is 12.8. The molecular formula is C20H27N3O4. The van der Waals surface area contributed by atoms with Gasteiger partial charge in [-0.1, -0.05) is 13.8 Å². The van der Waals surface area contributed by atoms with Crippen LogP contribution in [0, 0.1) is 11.8 Å². The van der Waals surface area contributed by atoms with E-state index in [0.717, 1.165) is 0 Å². The number of fused-ring (bicyclic) bond motifs is 1. The molecule has 0 radical (unpaired) electrons. The number of amides is 2. The van der Waals surface area contributed by atoms with E-state index in [9.17, 15) is 14.4 Å². The fraction of sp³-hybridized carbons (Fsp3) is 0.550. The first kappa shape index (κ1) is 19.4. The molecule has 7 nitrogen and oxygen atoms in total. The zero-order valence-corrected chi connectivity index (χ0v) is 16.0. The van der Waals surface area contributed by atoms with Gasteiger partial charge < -0.3 is 20.7 Å². The van der Waals surface area contributed by atoms with Crippen molar-refractivity contribution in [2.75, 3.05) is 18.4 Å². The highest BCUT2D eigenvalue weighted by atomic mass is 16.5. The van der Waals surface area contributed by atoms with Crippen LogP contribution in [0.1, 0.15) is 44.0 Å². The number of nitrogens with one attached hydrogen (secondary N) is 1. The second-order valence-electron chi connectivity index (χ2n) is 7.69. The Bertz CT molecular complexity index is 754. The van der Waals surface area contributed by atoms with E-state index in [2.05, 4.69) is 5.32 Å². The first-order valence-electron chi connectivity index (χ1n) is 9.48. The van der Waals surface area contributed by atoms with Crippen LogP contribution < -0.4 is 15.8 Å². The second kappa shape index (κ2) is 7.68. The number of carbonyl (C=O) groups is 3. The lowest BCUT2D eigenvalue weighted by Gasteiger charge is -2.33. The highest BCUT2D eigenvalue weighted by Crippen LogP contribution is 2.32. The van der Waals surface area contributed by atoms with E-state index in [0.29, 0.717) is 42.9 Å². The number of benzene rings is 1. The average Bonchev–Trinajstić information content (AvgIpc) is 2.67. The van der Waals surface area contributed by atoms with Crippen LogP contribution >= 0.6 is 0 Å². The number of nitrogens with two attached hydrogens (primary N) is 1. The van der Waals surface area contributed by atoms with Gasteiger partial charge in [-0.2, -0.15) is 0 Å². The van der Waals surface area contributed by atoms with Crippen molar-refractivity contribution < 1.29 is 19.1 Å². The maximum atomic E-state index is 12.9. The van der Waals surface area contributed by atoms with E-state index in [-0.39, 0.29) is 29.4 Å². The van der Waals surface area contributed by atoms with Gasteiger partial charge in [-0.3, -0.25) is 14.4 Å². The molecule has 146 valence electrons. The minimum atomic E-state index is -0.543. The van der Waals surface area contributed by atoms with E-state index in [1.165, 1.54) is 0 Å². The zero-order chi connectivity index (χ0) is 19.7. The quantitative estimate of drug-likeness (QED) is 0.784. The summed E-state index contributed by atoms with van der Waals surface area (Å²) in [5.41, 5.74) is 7.04. The number of likely N-dealkylation sites (tertiary alicyclic amines) is 1. The number of rotatable bonds is 4. The maximum Gasteiger partial charge on any atom is 0.265 e. The molecule has 1 fully saturated rings. The van der Waals surface area contributed by atoms with Crippen LogP contribution in [0.5, 0.6) is 5.75 Å².